The van der Waals surface area contributed by atoms with Gasteiger partial charge in [-0.25, -0.2) is 9.79 Å². The molecule has 2 aliphatic heterocycles. The molecule has 0 aromatic carbocycles. The molecule has 0 spiro atoms. The molecule has 2 atom stereocenters. The normalized spacial score (nSPS) is 23.0. The molecule has 30 heavy (non-hydrogen) atoms. The fraction of sp³-hybridized carbons (Fsp3) is 0.857. The molecule has 0 saturated carbocycles. The zero-order valence-corrected chi connectivity index (χ0v) is 19.2. The van der Waals surface area contributed by atoms with Crippen molar-refractivity contribution in [3.8, 4) is 0 Å². The zero-order chi connectivity index (χ0) is 22.1. The average molecular weight is 426 g/mol. The molecule has 2 aliphatic rings. The Labute approximate surface area is 180 Å². The van der Waals surface area contributed by atoms with E-state index in [1.165, 1.54) is 11.3 Å². The fourth-order valence-electron chi connectivity index (χ4n) is 3.40. The van der Waals surface area contributed by atoms with Crippen LogP contribution in [0.2, 0.25) is 0 Å². The number of hydrogen-bond acceptors (Lipinski definition) is 5. The second-order valence-electron chi connectivity index (χ2n) is 9.23. The first kappa shape index (κ1) is 24.2. The van der Waals surface area contributed by atoms with Gasteiger partial charge in [-0.3, -0.25) is 4.79 Å². The maximum Gasteiger partial charge on any atom is 0.410 e. The van der Waals surface area contributed by atoms with E-state index in [1.807, 2.05) is 20.8 Å². The lowest BCUT2D eigenvalue weighted by atomic mass is 10.1. The molecule has 172 valence electrons. The molecule has 2 N–H and O–H groups in total. The summed E-state index contributed by atoms with van der Waals surface area (Å²) < 4.78 is 11.3. The summed E-state index contributed by atoms with van der Waals surface area (Å²) in [5.74, 6) is 0.513. The van der Waals surface area contributed by atoms with E-state index >= 15 is 0 Å². The van der Waals surface area contributed by atoms with Crippen LogP contribution in [0.5, 0.6) is 0 Å². The van der Waals surface area contributed by atoms with E-state index in [0.29, 0.717) is 25.6 Å². The zero-order valence-electron chi connectivity index (χ0n) is 19.2. The second kappa shape index (κ2) is 11.4. The largest absolute Gasteiger partial charge is 0.444 e. The molecule has 0 aliphatic carbocycles. The standard InChI is InChI=1S/C21H39N5O4/c1-21(2,3)30-20(28)26-11-8-9-16(15-26)24-19(23-14-18(27)25(4)5)22-13-17-10-6-7-12-29-17/h16-17H,6-15H2,1-5H3,(H2,22,23,24). The van der Waals surface area contributed by atoms with Crippen LogP contribution >= 0.6 is 0 Å². The smallest absolute Gasteiger partial charge is 0.410 e. The summed E-state index contributed by atoms with van der Waals surface area (Å²) in [5, 5.41) is 6.72. The fourth-order valence-corrected chi connectivity index (χ4v) is 3.40. The van der Waals surface area contributed by atoms with Crippen LogP contribution in [0.3, 0.4) is 0 Å². The maximum absolute atomic E-state index is 12.4. The Morgan fingerprint density at radius 3 is 2.60 bits per heavy atom. The highest BCUT2D eigenvalue weighted by atomic mass is 16.6. The predicted octanol–water partition coefficient (Wildman–Crippen LogP) is 1.58. The van der Waals surface area contributed by atoms with E-state index < -0.39 is 5.60 Å². The molecule has 0 aromatic heterocycles. The van der Waals surface area contributed by atoms with Crippen LogP contribution in [0.15, 0.2) is 4.99 Å². The summed E-state index contributed by atoms with van der Waals surface area (Å²) in [5.41, 5.74) is -0.516. The molecule has 2 unspecified atom stereocenters. The SMILES string of the molecule is CN(C)C(=O)CN=C(NCC1CCCCO1)NC1CCCN(C(=O)OC(C)(C)C)C1. The van der Waals surface area contributed by atoms with Gasteiger partial charge in [-0.1, -0.05) is 0 Å². The van der Waals surface area contributed by atoms with Gasteiger partial charge in [0.1, 0.15) is 12.1 Å². The highest BCUT2D eigenvalue weighted by Crippen LogP contribution is 2.16. The lowest BCUT2D eigenvalue weighted by molar-refractivity contribution is -0.127. The Morgan fingerprint density at radius 1 is 1.20 bits per heavy atom. The topological polar surface area (TPSA) is 95.5 Å². The van der Waals surface area contributed by atoms with Crippen molar-refractivity contribution in [2.45, 2.75) is 70.6 Å². The maximum atomic E-state index is 12.4. The van der Waals surface area contributed by atoms with Gasteiger partial charge in [0, 0.05) is 46.4 Å². The lowest BCUT2D eigenvalue weighted by Crippen LogP contribution is -2.54. The van der Waals surface area contributed by atoms with Crippen molar-refractivity contribution >= 4 is 18.0 Å². The summed E-state index contributed by atoms with van der Waals surface area (Å²) >= 11 is 0. The van der Waals surface area contributed by atoms with E-state index in [9.17, 15) is 9.59 Å². The van der Waals surface area contributed by atoms with Crippen molar-refractivity contribution in [1.82, 2.24) is 20.4 Å². The van der Waals surface area contributed by atoms with Gasteiger partial charge in [-0.05, 0) is 52.9 Å². The molecular weight excluding hydrogens is 386 g/mol. The highest BCUT2D eigenvalue weighted by molar-refractivity contribution is 5.85. The number of carbonyl (C=O) groups excluding carboxylic acids is 2. The molecule has 0 radical (unpaired) electrons. The number of piperidine rings is 1. The number of nitrogens with one attached hydrogen (secondary N) is 2. The highest BCUT2D eigenvalue weighted by Gasteiger charge is 2.28. The van der Waals surface area contributed by atoms with Gasteiger partial charge in [0.05, 0.1) is 6.10 Å². The number of aliphatic imine (C=N–C) groups is 1. The lowest BCUT2D eigenvalue weighted by Gasteiger charge is -2.35. The van der Waals surface area contributed by atoms with E-state index in [0.717, 1.165) is 32.3 Å². The first-order valence-corrected chi connectivity index (χ1v) is 11.0. The Balaban J connectivity index is 1.95. The number of likely N-dealkylation sites (N-methyl/N-ethyl adjacent to an activating group) is 1. The first-order chi connectivity index (χ1) is 14.1. The van der Waals surface area contributed by atoms with Gasteiger partial charge >= 0.3 is 6.09 Å². The Morgan fingerprint density at radius 2 is 1.97 bits per heavy atom. The van der Waals surface area contributed by atoms with Crippen molar-refractivity contribution in [3.05, 3.63) is 0 Å². The molecule has 9 heteroatoms. The van der Waals surface area contributed by atoms with Crippen molar-refractivity contribution in [2.75, 3.05) is 46.9 Å². The van der Waals surface area contributed by atoms with E-state index in [2.05, 4.69) is 15.6 Å². The minimum Gasteiger partial charge on any atom is -0.444 e. The van der Waals surface area contributed by atoms with Crippen molar-refractivity contribution in [2.24, 2.45) is 4.99 Å². The predicted molar refractivity (Wildman–Crippen MR) is 117 cm³/mol. The Kier molecular flexibility index (Phi) is 9.20. The third kappa shape index (κ3) is 8.77. The van der Waals surface area contributed by atoms with Gasteiger partial charge in [0.25, 0.3) is 0 Å². The minimum atomic E-state index is -0.516. The van der Waals surface area contributed by atoms with Crippen LogP contribution in [0.1, 0.15) is 52.9 Å². The molecular formula is C21H39N5O4. The van der Waals surface area contributed by atoms with Crippen molar-refractivity contribution in [1.29, 1.82) is 0 Å². The number of nitrogens with zero attached hydrogens (tertiary/aromatic N) is 3. The Bertz CT molecular complexity index is 597. The monoisotopic (exact) mass is 425 g/mol. The molecule has 2 saturated heterocycles. The van der Waals surface area contributed by atoms with Gasteiger partial charge in [-0.2, -0.15) is 0 Å². The van der Waals surface area contributed by atoms with Crippen LogP contribution in [0.4, 0.5) is 4.79 Å². The van der Waals surface area contributed by atoms with Gasteiger partial charge < -0.3 is 29.9 Å². The number of likely N-dealkylation sites (tertiary alicyclic amines) is 1. The summed E-state index contributed by atoms with van der Waals surface area (Å²) in [4.78, 5) is 32.1. The molecule has 0 bridgehead atoms. The van der Waals surface area contributed by atoms with E-state index in [-0.39, 0.29) is 30.7 Å². The molecule has 2 heterocycles. The van der Waals surface area contributed by atoms with Gasteiger partial charge in [-0.15, -0.1) is 0 Å². The average Bonchev–Trinajstić information content (AvgIpc) is 2.69. The second-order valence-corrected chi connectivity index (χ2v) is 9.23. The molecule has 2 fully saturated rings. The molecule has 0 aromatic rings. The molecule has 2 amide bonds. The number of ether oxygens (including phenoxy) is 2. The number of hydrogen-bond donors (Lipinski definition) is 2. The summed E-state index contributed by atoms with van der Waals surface area (Å²) in [7, 11) is 3.43. The molecule has 9 nitrogen and oxygen atoms in total. The third-order valence-corrected chi connectivity index (χ3v) is 5.06. The third-order valence-electron chi connectivity index (χ3n) is 5.06. The van der Waals surface area contributed by atoms with Crippen molar-refractivity contribution < 1.29 is 19.1 Å². The number of guanidine groups is 1. The first-order valence-electron chi connectivity index (χ1n) is 11.0. The minimum absolute atomic E-state index is 0.0410. The van der Waals surface area contributed by atoms with E-state index in [4.69, 9.17) is 9.47 Å². The van der Waals surface area contributed by atoms with Crippen molar-refractivity contribution in [3.63, 3.8) is 0 Å². The summed E-state index contributed by atoms with van der Waals surface area (Å²) in [6, 6.07) is 0.0410. The number of amides is 2. The van der Waals surface area contributed by atoms with Crippen LogP contribution in [-0.4, -0.2) is 92.4 Å². The number of rotatable bonds is 5. The van der Waals surface area contributed by atoms with Gasteiger partial charge in [0.15, 0.2) is 5.96 Å². The summed E-state index contributed by atoms with van der Waals surface area (Å²) in [6.45, 7) is 8.33. The molecule has 2 rings (SSSR count). The summed E-state index contributed by atoms with van der Waals surface area (Å²) in [6.07, 6.45) is 4.95. The van der Waals surface area contributed by atoms with Crippen LogP contribution < -0.4 is 10.6 Å². The van der Waals surface area contributed by atoms with Gasteiger partial charge in [0.2, 0.25) is 5.91 Å². The van der Waals surface area contributed by atoms with Crippen LogP contribution in [0.25, 0.3) is 0 Å². The number of carbonyl (C=O) groups is 2. The quantitative estimate of drug-likeness (QED) is 0.513. The van der Waals surface area contributed by atoms with Crippen LogP contribution in [-0.2, 0) is 14.3 Å². The Hall–Kier alpha value is -2.03. The van der Waals surface area contributed by atoms with E-state index in [1.54, 1.807) is 19.0 Å². The van der Waals surface area contributed by atoms with Crippen LogP contribution in [0, 0.1) is 0 Å².